The third-order valence-electron chi connectivity index (χ3n) is 6.02. The van der Waals surface area contributed by atoms with Crippen molar-refractivity contribution in [2.45, 2.75) is 19.9 Å². The average molecular weight is 568 g/mol. The lowest BCUT2D eigenvalue weighted by atomic mass is 9.95. The number of rotatable bonds is 7. The molecule has 2 heterocycles. The fourth-order valence-corrected chi connectivity index (χ4v) is 4.46. The summed E-state index contributed by atoms with van der Waals surface area (Å²) in [4.78, 5) is 38.4. The van der Waals surface area contributed by atoms with Crippen LogP contribution in [0.2, 0.25) is 5.02 Å². The van der Waals surface area contributed by atoms with E-state index in [-0.39, 0.29) is 35.2 Å². The van der Waals surface area contributed by atoms with Crippen molar-refractivity contribution in [1.29, 1.82) is 0 Å². The number of nitrogens with two attached hydrogens (primary N) is 1. The van der Waals surface area contributed by atoms with Gasteiger partial charge in [0, 0.05) is 47.9 Å². The van der Waals surface area contributed by atoms with Crippen LogP contribution < -0.4 is 21.7 Å². The normalized spacial score (nSPS) is 15.7. The van der Waals surface area contributed by atoms with Crippen LogP contribution in [0.5, 0.6) is 0 Å². The van der Waals surface area contributed by atoms with E-state index >= 15 is 0 Å². The molecular weight excluding hydrogens is 541 g/mol. The molecule has 0 aliphatic carbocycles. The Bertz CT molecular complexity index is 1610. The molecule has 1 amide bonds. The molecule has 3 aromatic rings. The summed E-state index contributed by atoms with van der Waals surface area (Å²) in [5.41, 5.74) is 8.35. The number of aliphatic imine (C=N–C) groups is 2. The SMILES string of the molecule is CN=CC(=CN)CNC(=O)C1=C(C)NC(Nc2nc3ccc(F)c(C(=O)OC)c3o2)=NC1c1ccc(C)cc1Cl. The molecule has 4 rings (SSSR count). The van der Waals surface area contributed by atoms with E-state index in [1.54, 1.807) is 32.3 Å². The molecule has 0 saturated heterocycles. The maximum absolute atomic E-state index is 14.4. The number of esters is 1. The van der Waals surface area contributed by atoms with Crippen LogP contribution in [0.4, 0.5) is 10.4 Å². The van der Waals surface area contributed by atoms with Gasteiger partial charge in [0.05, 0.1) is 12.7 Å². The summed E-state index contributed by atoms with van der Waals surface area (Å²) >= 11 is 6.59. The van der Waals surface area contributed by atoms with Gasteiger partial charge in [0.25, 0.3) is 5.91 Å². The van der Waals surface area contributed by atoms with Crippen LogP contribution in [0.15, 0.2) is 67.8 Å². The second kappa shape index (κ2) is 12.0. The molecule has 11 nitrogen and oxygen atoms in total. The molecule has 1 atom stereocenters. The predicted octanol–water partition coefficient (Wildman–Crippen LogP) is 3.76. The van der Waals surface area contributed by atoms with Crippen molar-refractivity contribution < 1.29 is 23.1 Å². The quantitative estimate of drug-likeness (QED) is 0.248. The van der Waals surface area contributed by atoms with E-state index in [1.807, 2.05) is 13.0 Å². The standard InChI is InChI=1S/C27H27ClFN7O4/c1-13-5-6-16(17(28)9-13)22-20(24(37)32-12-15(10-30)11-31-3)14(2)33-26(35-22)36-27-34-19-8-7-18(29)21(23(19)40-27)25(38)39-4/h5-11,22H,12,30H2,1-4H3,(H,32,37)(H2,33,34,35,36). The molecule has 13 heteroatoms. The molecule has 1 aliphatic heterocycles. The number of hydrogen-bond donors (Lipinski definition) is 4. The maximum Gasteiger partial charge on any atom is 0.344 e. The van der Waals surface area contributed by atoms with Gasteiger partial charge in [-0.15, -0.1) is 0 Å². The lowest BCUT2D eigenvalue weighted by Gasteiger charge is -2.27. The van der Waals surface area contributed by atoms with Gasteiger partial charge < -0.3 is 25.5 Å². The molecule has 0 saturated carbocycles. The number of carbonyl (C=O) groups excluding carboxylic acids is 2. The first-order chi connectivity index (χ1) is 19.2. The van der Waals surface area contributed by atoms with Gasteiger partial charge in [0.1, 0.15) is 22.9 Å². The first kappa shape index (κ1) is 28.3. The molecule has 1 aliphatic rings. The van der Waals surface area contributed by atoms with Crippen molar-refractivity contribution in [2.24, 2.45) is 15.7 Å². The van der Waals surface area contributed by atoms with Gasteiger partial charge in [-0.25, -0.2) is 14.2 Å². The van der Waals surface area contributed by atoms with E-state index in [0.717, 1.165) is 18.7 Å². The van der Waals surface area contributed by atoms with Gasteiger partial charge in [-0.05, 0) is 37.6 Å². The zero-order chi connectivity index (χ0) is 29.0. The molecule has 208 valence electrons. The lowest BCUT2D eigenvalue weighted by molar-refractivity contribution is -0.117. The number of aromatic nitrogens is 1. The molecule has 5 N–H and O–H groups in total. The van der Waals surface area contributed by atoms with Crippen LogP contribution in [0.3, 0.4) is 0 Å². The van der Waals surface area contributed by atoms with Gasteiger partial charge in [-0.3, -0.25) is 15.1 Å². The van der Waals surface area contributed by atoms with Crippen molar-refractivity contribution >= 4 is 52.8 Å². The number of carbonyl (C=O) groups is 2. The van der Waals surface area contributed by atoms with Crippen molar-refractivity contribution in [1.82, 2.24) is 15.6 Å². The molecule has 0 bridgehead atoms. The van der Waals surface area contributed by atoms with Crippen LogP contribution in [0.25, 0.3) is 11.1 Å². The summed E-state index contributed by atoms with van der Waals surface area (Å²) in [7, 11) is 2.74. The van der Waals surface area contributed by atoms with E-state index in [4.69, 9.17) is 26.7 Å². The Kier molecular flexibility index (Phi) is 8.49. The number of anilines is 1. The van der Waals surface area contributed by atoms with Crippen molar-refractivity contribution in [3.8, 4) is 0 Å². The van der Waals surface area contributed by atoms with Gasteiger partial charge >= 0.3 is 12.0 Å². The summed E-state index contributed by atoms with van der Waals surface area (Å²) in [5, 5.41) is 9.21. The number of nitrogens with one attached hydrogen (secondary N) is 3. The Morgan fingerprint density at radius 3 is 2.75 bits per heavy atom. The fraction of sp³-hybridized carbons (Fsp3) is 0.222. The maximum atomic E-state index is 14.4. The summed E-state index contributed by atoms with van der Waals surface area (Å²) in [5.74, 6) is -1.92. The molecule has 1 unspecified atom stereocenters. The summed E-state index contributed by atoms with van der Waals surface area (Å²) < 4.78 is 24.7. The summed E-state index contributed by atoms with van der Waals surface area (Å²) in [6, 6.07) is 7.04. The van der Waals surface area contributed by atoms with Gasteiger partial charge in [0.2, 0.25) is 5.96 Å². The number of guanidine groups is 1. The molecule has 0 fully saturated rings. The van der Waals surface area contributed by atoms with Crippen LogP contribution in [0.1, 0.15) is 34.5 Å². The number of fused-ring (bicyclic) bond motifs is 1. The minimum Gasteiger partial charge on any atom is -0.465 e. The topological polar surface area (TPSA) is 156 Å². The second-order valence-electron chi connectivity index (χ2n) is 8.79. The van der Waals surface area contributed by atoms with E-state index in [9.17, 15) is 14.0 Å². The molecule has 0 spiro atoms. The van der Waals surface area contributed by atoms with Crippen LogP contribution in [0, 0.1) is 12.7 Å². The Balaban J connectivity index is 1.70. The van der Waals surface area contributed by atoms with E-state index in [2.05, 4.69) is 30.7 Å². The molecule has 2 aromatic carbocycles. The molecular formula is C27H27ClFN7O4. The lowest BCUT2D eigenvalue weighted by Crippen LogP contribution is -2.39. The van der Waals surface area contributed by atoms with Crippen LogP contribution in [-0.2, 0) is 9.53 Å². The predicted molar refractivity (Wildman–Crippen MR) is 151 cm³/mol. The Labute approximate surface area is 234 Å². The highest BCUT2D eigenvalue weighted by atomic mass is 35.5. The second-order valence-corrected chi connectivity index (χ2v) is 9.19. The number of halogens is 2. The number of oxazole rings is 1. The van der Waals surface area contributed by atoms with Crippen LogP contribution in [-0.4, -0.2) is 49.7 Å². The van der Waals surface area contributed by atoms with E-state index < -0.39 is 23.7 Å². The zero-order valence-corrected chi connectivity index (χ0v) is 22.9. The van der Waals surface area contributed by atoms with Crippen molar-refractivity contribution in [3.05, 3.63) is 80.9 Å². The minimum atomic E-state index is -0.903. The highest BCUT2D eigenvalue weighted by Gasteiger charge is 2.31. The number of aryl methyl sites for hydroxylation is 1. The highest BCUT2D eigenvalue weighted by Crippen LogP contribution is 2.35. The number of ether oxygens (including phenoxy) is 1. The van der Waals surface area contributed by atoms with Crippen molar-refractivity contribution in [2.75, 3.05) is 26.0 Å². The monoisotopic (exact) mass is 567 g/mol. The number of benzene rings is 2. The Hall–Kier alpha value is -4.71. The smallest absolute Gasteiger partial charge is 0.344 e. The Morgan fingerprint density at radius 2 is 2.08 bits per heavy atom. The van der Waals surface area contributed by atoms with Crippen LogP contribution >= 0.6 is 11.6 Å². The van der Waals surface area contributed by atoms with Gasteiger partial charge in [-0.1, -0.05) is 23.7 Å². The first-order valence-corrected chi connectivity index (χ1v) is 12.4. The van der Waals surface area contributed by atoms with Crippen molar-refractivity contribution in [3.63, 3.8) is 0 Å². The third kappa shape index (κ3) is 5.81. The number of allylic oxidation sites excluding steroid dienone is 1. The number of hydrogen-bond acceptors (Lipinski definition) is 10. The Morgan fingerprint density at radius 1 is 1.30 bits per heavy atom. The zero-order valence-electron chi connectivity index (χ0n) is 22.1. The summed E-state index contributed by atoms with van der Waals surface area (Å²) in [6.07, 6.45) is 2.91. The van der Waals surface area contributed by atoms with E-state index in [1.165, 1.54) is 12.3 Å². The molecule has 1 aromatic heterocycles. The van der Waals surface area contributed by atoms with Gasteiger partial charge in [-0.2, -0.15) is 4.98 Å². The number of amides is 1. The largest absolute Gasteiger partial charge is 0.465 e. The third-order valence-corrected chi connectivity index (χ3v) is 6.35. The fourth-order valence-electron chi connectivity index (χ4n) is 4.12. The molecule has 40 heavy (non-hydrogen) atoms. The first-order valence-electron chi connectivity index (χ1n) is 12.0. The summed E-state index contributed by atoms with van der Waals surface area (Å²) in [6.45, 7) is 3.76. The highest BCUT2D eigenvalue weighted by molar-refractivity contribution is 6.31. The number of methoxy groups -OCH3 is 1. The van der Waals surface area contributed by atoms with E-state index in [0.29, 0.717) is 27.4 Å². The average Bonchev–Trinajstić information content (AvgIpc) is 3.32. The molecule has 0 radical (unpaired) electrons. The van der Waals surface area contributed by atoms with Gasteiger partial charge in [0.15, 0.2) is 5.58 Å². The number of nitrogens with zero attached hydrogens (tertiary/aromatic N) is 3. The minimum absolute atomic E-state index is 0.0666.